The molecule has 1 heterocycles. The van der Waals surface area contributed by atoms with Crippen molar-refractivity contribution >= 4 is 15.9 Å². The maximum absolute atomic E-state index is 13.4. The molecule has 0 saturated heterocycles. The van der Waals surface area contributed by atoms with Gasteiger partial charge in [-0.15, -0.1) is 0 Å². The van der Waals surface area contributed by atoms with Crippen molar-refractivity contribution in [3.63, 3.8) is 0 Å². The van der Waals surface area contributed by atoms with Gasteiger partial charge < -0.3 is 10.5 Å². The molecule has 2 aromatic rings. The van der Waals surface area contributed by atoms with Gasteiger partial charge in [0.15, 0.2) is 0 Å². The Labute approximate surface area is 125 Å². The molecule has 0 radical (unpaired) electrons. The smallest absolute Gasteiger partial charge is 0.221 e. The molecule has 0 fully saturated rings. The molecule has 4 nitrogen and oxygen atoms in total. The molecule has 0 amide bonds. The van der Waals surface area contributed by atoms with Crippen molar-refractivity contribution in [3.05, 3.63) is 39.7 Å². The Kier molecular flexibility index (Phi) is 4.45. The van der Waals surface area contributed by atoms with Gasteiger partial charge in [0.25, 0.3) is 0 Å². The molecule has 0 spiro atoms. The van der Waals surface area contributed by atoms with Crippen LogP contribution in [-0.4, -0.2) is 15.8 Å². The summed E-state index contributed by atoms with van der Waals surface area (Å²) in [5.74, 6) is 0.658. The van der Waals surface area contributed by atoms with Crippen molar-refractivity contribution in [2.75, 3.05) is 0 Å². The van der Waals surface area contributed by atoms with Gasteiger partial charge in [-0.1, -0.05) is 15.9 Å². The van der Waals surface area contributed by atoms with E-state index in [-0.39, 0.29) is 11.9 Å². The SMILES string of the molecule is Cc1nn(C)c(Oc2cc(F)cc(Br)c2)c1CC(C)N. The Balaban J connectivity index is 2.37. The normalized spacial score (nSPS) is 12.5. The van der Waals surface area contributed by atoms with Crippen LogP contribution in [0.4, 0.5) is 4.39 Å². The molecule has 1 unspecified atom stereocenters. The van der Waals surface area contributed by atoms with Crippen LogP contribution < -0.4 is 10.5 Å². The second-order valence-electron chi connectivity index (χ2n) is 4.88. The topological polar surface area (TPSA) is 53.1 Å². The van der Waals surface area contributed by atoms with E-state index in [0.29, 0.717) is 22.5 Å². The van der Waals surface area contributed by atoms with Crippen LogP contribution in [-0.2, 0) is 13.5 Å². The summed E-state index contributed by atoms with van der Waals surface area (Å²) in [5, 5.41) is 4.34. The summed E-state index contributed by atoms with van der Waals surface area (Å²) in [7, 11) is 1.79. The van der Waals surface area contributed by atoms with E-state index in [9.17, 15) is 4.39 Å². The molecule has 108 valence electrons. The highest BCUT2D eigenvalue weighted by atomic mass is 79.9. The van der Waals surface area contributed by atoms with Gasteiger partial charge in [-0.05, 0) is 32.4 Å². The molecule has 0 bridgehead atoms. The molecule has 1 aromatic carbocycles. The fourth-order valence-electron chi connectivity index (χ4n) is 2.06. The summed E-state index contributed by atoms with van der Waals surface area (Å²) in [5.41, 5.74) is 7.67. The fraction of sp³-hybridized carbons (Fsp3) is 0.357. The molecule has 6 heteroatoms. The minimum Gasteiger partial charge on any atom is -0.439 e. The van der Waals surface area contributed by atoms with Gasteiger partial charge in [0.1, 0.15) is 11.6 Å². The second-order valence-corrected chi connectivity index (χ2v) is 5.80. The highest BCUT2D eigenvalue weighted by Gasteiger charge is 2.17. The molecular formula is C14H17BrFN3O. The van der Waals surface area contributed by atoms with Gasteiger partial charge in [0.2, 0.25) is 5.88 Å². The zero-order chi connectivity index (χ0) is 14.9. The van der Waals surface area contributed by atoms with Crippen molar-refractivity contribution < 1.29 is 9.13 Å². The van der Waals surface area contributed by atoms with Crippen LogP contribution in [0.5, 0.6) is 11.6 Å². The lowest BCUT2D eigenvalue weighted by Crippen LogP contribution is -2.18. The Morgan fingerprint density at radius 2 is 2.15 bits per heavy atom. The first-order valence-electron chi connectivity index (χ1n) is 6.29. The number of hydrogen-bond donors (Lipinski definition) is 1. The number of nitrogens with zero attached hydrogens (tertiary/aromatic N) is 2. The first-order chi connectivity index (χ1) is 9.36. The van der Waals surface area contributed by atoms with Crippen LogP contribution >= 0.6 is 15.9 Å². The van der Waals surface area contributed by atoms with Crippen molar-refractivity contribution in [3.8, 4) is 11.6 Å². The average molecular weight is 342 g/mol. The Hall–Kier alpha value is -1.40. The van der Waals surface area contributed by atoms with Gasteiger partial charge in [0, 0.05) is 29.2 Å². The highest BCUT2D eigenvalue weighted by Crippen LogP contribution is 2.30. The minimum absolute atomic E-state index is 0.000467. The van der Waals surface area contributed by atoms with Crippen molar-refractivity contribution in [2.45, 2.75) is 26.3 Å². The number of aryl methyl sites for hydroxylation is 2. The first kappa shape index (κ1) is 15.0. The predicted octanol–water partition coefficient (Wildman–Crippen LogP) is 3.31. The zero-order valence-corrected chi connectivity index (χ0v) is 13.2. The van der Waals surface area contributed by atoms with E-state index in [1.165, 1.54) is 12.1 Å². The Morgan fingerprint density at radius 1 is 1.45 bits per heavy atom. The quantitative estimate of drug-likeness (QED) is 0.928. The maximum Gasteiger partial charge on any atom is 0.221 e. The second kappa shape index (κ2) is 5.93. The molecule has 0 aliphatic carbocycles. The lowest BCUT2D eigenvalue weighted by molar-refractivity contribution is 0.421. The van der Waals surface area contributed by atoms with E-state index in [4.69, 9.17) is 10.5 Å². The third kappa shape index (κ3) is 3.37. The molecule has 0 aliphatic heterocycles. The van der Waals surface area contributed by atoms with Gasteiger partial charge in [-0.2, -0.15) is 5.10 Å². The van der Waals surface area contributed by atoms with E-state index in [0.717, 1.165) is 11.3 Å². The average Bonchev–Trinajstić information content (AvgIpc) is 2.54. The predicted molar refractivity (Wildman–Crippen MR) is 79.5 cm³/mol. The number of nitrogens with two attached hydrogens (primary N) is 1. The van der Waals surface area contributed by atoms with Crippen LogP contribution in [0, 0.1) is 12.7 Å². The number of halogens is 2. The molecule has 0 saturated carbocycles. The summed E-state index contributed by atoms with van der Waals surface area (Å²) in [6.07, 6.45) is 0.658. The zero-order valence-electron chi connectivity index (χ0n) is 11.7. The van der Waals surface area contributed by atoms with E-state index < -0.39 is 0 Å². The number of benzene rings is 1. The van der Waals surface area contributed by atoms with E-state index in [2.05, 4.69) is 21.0 Å². The van der Waals surface area contributed by atoms with Crippen molar-refractivity contribution in [1.82, 2.24) is 9.78 Å². The lowest BCUT2D eigenvalue weighted by atomic mass is 10.1. The number of ether oxygens (including phenoxy) is 1. The summed E-state index contributed by atoms with van der Waals surface area (Å²) >= 11 is 3.25. The molecular weight excluding hydrogens is 325 g/mol. The van der Waals surface area contributed by atoms with Gasteiger partial charge in [-0.3, -0.25) is 0 Å². The summed E-state index contributed by atoms with van der Waals surface area (Å²) in [4.78, 5) is 0. The van der Waals surface area contributed by atoms with E-state index in [1.807, 2.05) is 13.8 Å². The molecule has 2 N–H and O–H groups in total. The van der Waals surface area contributed by atoms with Crippen LogP contribution in [0.25, 0.3) is 0 Å². The van der Waals surface area contributed by atoms with Gasteiger partial charge in [0.05, 0.1) is 5.69 Å². The number of rotatable bonds is 4. The summed E-state index contributed by atoms with van der Waals surface area (Å²) in [6.45, 7) is 3.83. The monoisotopic (exact) mass is 341 g/mol. The highest BCUT2D eigenvalue weighted by molar-refractivity contribution is 9.10. The molecule has 0 aliphatic rings. The maximum atomic E-state index is 13.4. The summed E-state index contributed by atoms with van der Waals surface area (Å²) in [6, 6.07) is 4.42. The van der Waals surface area contributed by atoms with Gasteiger partial charge >= 0.3 is 0 Å². The van der Waals surface area contributed by atoms with E-state index in [1.54, 1.807) is 17.8 Å². The van der Waals surface area contributed by atoms with Crippen molar-refractivity contribution in [1.29, 1.82) is 0 Å². The number of aromatic nitrogens is 2. The molecule has 1 aromatic heterocycles. The third-order valence-corrected chi connectivity index (χ3v) is 3.32. The Bertz CT molecular complexity index is 605. The fourth-order valence-corrected chi connectivity index (χ4v) is 2.51. The lowest BCUT2D eigenvalue weighted by Gasteiger charge is -2.11. The van der Waals surface area contributed by atoms with Crippen LogP contribution in [0.15, 0.2) is 22.7 Å². The summed E-state index contributed by atoms with van der Waals surface area (Å²) < 4.78 is 21.5. The standard InChI is InChI=1S/C14H17BrFN3O/c1-8(17)4-13-9(2)18-19(3)14(13)20-12-6-10(15)5-11(16)7-12/h5-8H,4,17H2,1-3H3. The Morgan fingerprint density at radius 3 is 2.75 bits per heavy atom. The van der Waals surface area contributed by atoms with Crippen LogP contribution in [0.2, 0.25) is 0 Å². The van der Waals surface area contributed by atoms with Crippen molar-refractivity contribution in [2.24, 2.45) is 12.8 Å². The van der Waals surface area contributed by atoms with Gasteiger partial charge in [-0.25, -0.2) is 9.07 Å². The van der Waals surface area contributed by atoms with E-state index >= 15 is 0 Å². The molecule has 1 atom stereocenters. The van der Waals surface area contributed by atoms with Crippen LogP contribution in [0.3, 0.4) is 0 Å². The molecule has 20 heavy (non-hydrogen) atoms. The first-order valence-corrected chi connectivity index (χ1v) is 7.08. The minimum atomic E-state index is -0.359. The number of hydrogen-bond acceptors (Lipinski definition) is 3. The third-order valence-electron chi connectivity index (χ3n) is 2.87. The molecule has 2 rings (SSSR count). The largest absolute Gasteiger partial charge is 0.439 e. The van der Waals surface area contributed by atoms with Crippen LogP contribution in [0.1, 0.15) is 18.2 Å².